The molecule has 31 heavy (non-hydrogen) atoms. The van der Waals surface area contributed by atoms with Crippen LogP contribution in [0.15, 0.2) is 35.5 Å². The van der Waals surface area contributed by atoms with Gasteiger partial charge in [-0.15, -0.1) is 0 Å². The molecule has 0 atom stereocenters. The third-order valence-electron chi connectivity index (χ3n) is 5.14. The first-order chi connectivity index (χ1) is 15.1. The van der Waals surface area contributed by atoms with Crippen LogP contribution in [0.25, 0.3) is 0 Å². The third-order valence-corrected chi connectivity index (χ3v) is 5.14. The van der Waals surface area contributed by atoms with Crippen LogP contribution in [0.3, 0.4) is 0 Å². The third kappa shape index (κ3) is 5.25. The van der Waals surface area contributed by atoms with Crippen molar-refractivity contribution in [2.24, 2.45) is 4.99 Å². The Balaban J connectivity index is 1.34. The molecular formula is C21H25F2N5O3. The molecule has 10 heteroatoms. The van der Waals surface area contributed by atoms with Gasteiger partial charge in [0.1, 0.15) is 11.6 Å². The van der Waals surface area contributed by atoms with Crippen molar-refractivity contribution in [3.63, 3.8) is 0 Å². The second kappa shape index (κ2) is 9.67. The van der Waals surface area contributed by atoms with Crippen LogP contribution in [0.4, 0.5) is 14.6 Å². The summed E-state index contributed by atoms with van der Waals surface area (Å²) in [6, 6.07) is 7.10. The normalized spacial score (nSPS) is 15.5. The predicted molar refractivity (Wildman–Crippen MR) is 112 cm³/mol. The second-order valence-electron chi connectivity index (χ2n) is 7.19. The quantitative estimate of drug-likeness (QED) is 0.513. The summed E-state index contributed by atoms with van der Waals surface area (Å²) in [5.41, 5.74) is 1.51. The van der Waals surface area contributed by atoms with Gasteiger partial charge < -0.3 is 29.7 Å². The van der Waals surface area contributed by atoms with E-state index in [1.54, 1.807) is 13.1 Å². The van der Waals surface area contributed by atoms with Crippen molar-refractivity contribution in [2.75, 3.05) is 31.8 Å². The molecule has 0 bridgehead atoms. The van der Waals surface area contributed by atoms with E-state index in [-0.39, 0.29) is 19.1 Å². The molecule has 0 saturated carbocycles. The van der Waals surface area contributed by atoms with Crippen molar-refractivity contribution in [1.29, 1.82) is 0 Å². The molecule has 0 spiro atoms. The van der Waals surface area contributed by atoms with E-state index in [4.69, 9.17) is 9.47 Å². The fraction of sp³-hybridized carbons (Fsp3) is 0.429. The topological polar surface area (TPSA) is 80.2 Å². The molecule has 0 unspecified atom stereocenters. The number of aromatic nitrogens is 1. The van der Waals surface area contributed by atoms with Crippen molar-refractivity contribution in [2.45, 2.75) is 32.5 Å². The lowest BCUT2D eigenvalue weighted by atomic mass is 10.1. The standard InChI is InChI=1S/C21H25F2N5O3/c1-24-21(26-11-14-4-5-19(25-10-14)28-6-2-3-7-28)27-12-15-8-17-18(30-13-29-17)9-16(15)31-20(22)23/h4-5,8-10,20H,2-3,6-7,11-13H2,1H3,(H2,24,26,27). The van der Waals surface area contributed by atoms with E-state index in [0.29, 0.717) is 29.6 Å². The van der Waals surface area contributed by atoms with Gasteiger partial charge in [0.05, 0.1) is 0 Å². The maximum absolute atomic E-state index is 12.8. The summed E-state index contributed by atoms with van der Waals surface area (Å²) >= 11 is 0. The number of halogens is 2. The molecule has 0 amide bonds. The zero-order valence-corrected chi connectivity index (χ0v) is 17.2. The zero-order chi connectivity index (χ0) is 21.6. The van der Waals surface area contributed by atoms with Gasteiger partial charge in [-0.1, -0.05) is 6.07 Å². The van der Waals surface area contributed by atoms with Gasteiger partial charge in [-0.3, -0.25) is 4.99 Å². The minimum absolute atomic E-state index is 0.0314. The number of benzene rings is 1. The fourth-order valence-corrected chi connectivity index (χ4v) is 3.55. The first kappa shape index (κ1) is 21.0. The molecular weight excluding hydrogens is 408 g/mol. The van der Waals surface area contributed by atoms with E-state index < -0.39 is 6.61 Å². The zero-order valence-electron chi connectivity index (χ0n) is 17.2. The number of pyridine rings is 1. The molecule has 8 nitrogen and oxygen atoms in total. The summed E-state index contributed by atoms with van der Waals surface area (Å²) in [6.45, 7) is -0.0449. The number of ether oxygens (including phenoxy) is 3. The Morgan fingerprint density at radius 2 is 1.90 bits per heavy atom. The summed E-state index contributed by atoms with van der Waals surface area (Å²) in [7, 11) is 1.64. The van der Waals surface area contributed by atoms with Gasteiger partial charge in [0.25, 0.3) is 0 Å². The van der Waals surface area contributed by atoms with Gasteiger partial charge >= 0.3 is 6.61 Å². The minimum atomic E-state index is -2.94. The van der Waals surface area contributed by atoms with E-state index >= 15 is 0 Å². The number of nitrogens with zero attached hydrogens (tertiary/aromatic N) is 3. The van der Waals surface area contributed by atoms with Crippen LogP contribution in [-0.2, 0) is 13.1 Å². The lowest BCUT2D eigenvalue weighted by Crippen LogP contribution is -2.36. The lowest BCUT2D eigenvalue weighted by Gasteiger charge is -2.17. The lowest BCUT2D eigenvalue weighted by molar-refractivity contribution is -0.0505. The average molecular weight is 433 g/mol. The Hall–Kier alpha value is -3.30. The number of hydrogen-bond donors (Lipinski definition) is 2. The van der Waals surface area contributed by atoms with Crippen molar-refractivity contribution in [1.82, 2.24) is 15.6 Å². The summed E-state index contributed by atoms with van der Waals surface area (Å²) in [5, 5.41) is 6.30. The predicted octanol–water partition coefficient (Wildman–Crippen LogP) is 2.88. The SMILES string of the molecule is CN=C(NCc1ccc(N2CCCC2)nc1)NCc1cc2c(cc1OC(F)F)OCO2. The van der Waals surface area contributed by atoms with Crippen LogP contribution in [0.5, 0.6) is 17.2 Å². The highest BCUT2D eigenvalue weighted by Crippen LogP contribution is 2.38. The average Bonchev–Trinajstić information content (AvgIpc) is 3.46. The summed E-state index contributed by atoms with van der Waals surface area (Å²) in [5.74, 6) is 2.42. The number of fused-ring (bicyclic) bond motifs is 1. The van der Waals surface area contributed by atoms with Crippen molar-refractivity contribution in [3.8, 4) is 17.2 Å². The molecule has 1 saturated heterocycles. The minimum Gasteiger partial charge on any atom is -0.454 e. The molecule has 0 radical (unpaired) electrons. The van der Waals surface area contributed by atoms with E-state index in [1.807, 2.05) is 18.3 Å². The Bertz CT molecular complexity index is 918. The first-order valence-corrected chi connectivity index (χ1v) is 10.1. The van der Waals surface area contributed by atoms with E-state index in [1.165, 1.54) is 18.9 Å². The Morgan fingerprint density at radius 3 is 2.58 bits per heavy atom. The number of nitrogens with one attached hydrogen (secondary N) is 2. The van der Waals surface area contributed by atoms with Crippen molar-refractivity contribution in [3.05, 3.63) is 41.6 Å². The summed E-state index contributed by atoms with van der Waals surface area (Å²) < 4.78 is 40.8. The highest BCUT2D eigenvalue weighted by atomic mass is 19.3. The van der Waals surface area contributed by atoms with Crippen molar-refractivity contribution >= 4 is 11.8 Å². The second-order valence-corrected chi connectivity index (χ2v) is 7.19. The summed E-state index contributed by atoms with van der Waals surface area (Å²) in [4.78, 5) is 11.0. The number of hydrogen-bond acceptors (Lipinski definition) is 6. The molecule has 3 heterocycles. The van der Waals surface area contributed by atoms with Gasteiger partial charge in [-0.25, -0.2) is 4.98 Å². The molecule has 2 aliphatic rings. The van der Waals surface area contributed by atoms with Gasteiger partial charge in [0, 0.05) is 51.1 Å². The van der Waals surface area contributed by atoms with E-state index in [9.17, 15) is 8.78 Å². The number of aliphatic imine (C=N–C) groups is 1. The fourth-order valence-electron chi connectivity index (χ4n) is 3.55. The van der Waals surface area contributed by atoms with Crippen molar-refractivity contribution < 1.29 is 23.0 Å². The number of alkyl halides is 2. The summed E-state index contributed by atoms with van der Waals surface area (Å²) in [6.07, 6.45) is 4.27. The highest BCUT2D eigenvalue weighted by molar-refractivity contribution is 5.79. The first-order valence-electron chi connectivity index (χ1n) is 10.1. The van der Waals surface area contributed by atoms with Gasteiger partial charge in [0.15, 0.2) is 17.5 Å². The molecule has 2 aromatic rings. The number of rotatable bonds is 7. The van der Waals surface area contributed by atoms with Crippen LogP contribution in [-0.4, -0.2) is 44.5 Å². The molecule has 166 valence electrons. The van der Waals surface area contributed by atoms with Crippen LogP contribution in [0.1, 0.15) is 24.0 Å². The molecule has 4 rings (SSSR count). The van der Waals surface area contributed by atoms with Crippen LogP contribution >= 0.6 is 0 Å². The monoisotopic (exact) mass is 433 g/mol. The molecule has 1 aromatic carbocycles. The Labute approximate surface area is 179 Å². The van der Waals surface area contributed by atoms with Crippen LogP contribution in [0, 0.1) is 0 Å². The van der Waals surface area contributed by atoms with E-state index in [0.717, 1.165) is 24.5 Å². The Kier molecular flexibility index (Phi) is 6.54. The molecule has 1 aromatic heterocycles. The van der Waals surface area contributed by atoms with Gasteiger partial charge in [0.2, 0.25) is 6.79 Å². The molecule has 1 fully saturated rings. The molecule has 2 aliphatic heterocycles. The number of guanidine groups is 1. The molecule has 2 N–H and O–H groups in total. The van der Waals surface area contributed by atoms with Gasteiger partial charge in [-0.2, -0.15) is 8.78 Å². The molecule has 0 aliphatic carbocycles. The van der Waals surface area contributed by atoms with Crippen LogP contribution in [0.2, 0.25) is 0 Å². The Morgan fingerprint density at radius 1 is 1.16 bits per heavy atom. The smallest absolute Gasteiger partial charge is 0.387 e. The maximum atomic E-state index is 12.8. The van der Waals surface area contributed by atoms with Gasteiger partial charge in [-0.05, 0) is 30.5 Å². The number of anilines is 1. The van der Waals surface area contributed by atoms with Crippen LogP contribution < -0.4 is 29.7 Å². The highest BCUT2D eigenvalue weighted by Gasteiger charge is 2.20. The largest absolute Gasteiger partial charge is 0.454 e. The van der Waals surface area contributed by atoms with E-state index in [2.05, 4.69) is 30.2 Å². The maximum Gasteiger partial charge on any atom is 0.387 e.